The number of carbonyl (C=O) groups excluding carboxylic acids is 2. The predicted octanol–water partition coefficient (Wildman–Crippen LogP) is 2.81. The summed E-state index contributed by atoms with van der Waals surface area (Å²) in [7, 11) is 0. The van der Waals surface area contributed by atoms with Gasteiger partial charge < -0.3 is 15.4 Å². The van der Waals surface area contributed by atoms with E-state index in [-0.39, 0.29) is 11.8 Å². The van der Waals surface area contributed by atoms with Crippen molar-refractivity contribution < 1.29 is 14.3 Å². The topological polar surface area (TPSA) is 80.3 Å². The number of pyridine rings is 1. The molecule has 0 bridgehead atoms. The van der Waals surface area contributed by atoms with Crippen LogP contribution >= 0.6 is 11.3 Å². The lowest BCUT2D eigenvalue weighted by molar-refractivity contribution is -0.124. The van der Waals surface area contributed by atoms with Gasteiger partial charge in [0.2, 0.25) is 0 Å². The second-order valence-corrected chi connectivity index (χ2v) is 7.25. The van der Waals surface area contributed by atoms with Gasteiger partial charge in [-0.1, -0.05) is 6.07 Å². The number of thiophene rings is 1. The molecule has 0 spiro atoms. The van der Waals surface area contributed by atoms with Crippen molar-refractivity contribution in [3.8, 4) is 0 Å². The van der Waals surface area contributed by atoms with Gasteiger partial charge in [-0.25, -0.2) is 0 Å². The Morgan fingerprint density at radius 3 is 2.92 bits per heavy atom. The van der Waals surface area contributed by atoms with Gasteiger partial charge in [0.1, 0.15) is 11.1 Å². The molecule has 0 saturated carbocycles. The van der Waals surface area contributed by atoms with E-state index in [0.717, 1.165) is 28.8 Å². The molecule has 2 aromatic heterocycles. The summed E-state index contributed by atoms with van der Waals surface area (Å²) in [6, 6.07) is 3.73. The van der Waals surface area contributed by atoms with Crippen molar-refractivity contribution in [1.29, 1.82) is 0 Å². The maximum Gasteiger partial charge on any atom is 0.254 e. The number of hydrogen-bond acceptors (Lipinski definition) is 5. The van der Waals surface area contributed by atoms with Gasteiger partial charge in [-0.15, -0.1) is 11.3 Å². The van der Waals surface area contributed by atoms with Gasteiger partial charge in [0.15, 0.2) is 0 Å². The highest BCUT2D eigenvalue weighted by Crippen LogP contribution is 2.33. The van der Waals surface area contributed by atoms with Crippen LogP contribution in [-0.2, 0) is 16.1 Å². The van der Waals surface area contributed by atoms with Crippen LogP contribution in [0, 0.1) is 13.8 Å². The number of hydrogen-bond donors (Lipinski definition) is 2. The molecule has 0 unspecified atom stereocenters. The van der Waals surface area contributed by atoms with E-state index in [1.165, 1.54) is 11.3 Å². The Morgan fingerprint density at radius 1 is 1.40 bits per heavy atom. The molecule has 2 N–H and O–H groups in total. The Bertz CT molecular complexity index is 767. The Hall–Kier alpha value is -2.25. The van der Waals surface area contributed by atoms with Crippen LogP contribution in [0.4, 0.5) is 5.00 Å². The lowest BCUT2D eigenvalue weighted by atomic mass is 10.1. The number of rotatable bonds is 5. The highest BCUT2D eigenvalue weighted by molar-refractivity contribution is 7.16. The summed E-state index contributed by atoms with van der Waals surface area (Å²) < 4.78 is 5.41. The Morgan fingerprint density at radius 2 is 2.24 bits per heavy atom. The smallest absolute Gasteiger partial charge is 0.254 e. The van der Waals surface area contributed by atoms with Crippen molar-refractivity contribution in [2.45, 2.75) is 39.3 Å². The monoisotopic (exact) mass is 359 g/mol. The van der Waals surface area contributed by atoms with Crippen LogP contribution in [0.15, 0.2) is 24.5 Å². The summed E-state index contributed by atoms with van der Waals surface area (Å²) in [6.07, 6.45) is 4.59. The average molecular weight is 359 g/mol. The third kappa shape index (κ3) is 4.05. The zero-order valence-corrected chi connectivity index (χ0v) is 15.1. The van der Waals surface area contributed by atoms with Crippen LogP contribution in [0.3, 0.4) is 0 Å². The highest BCUT2D eigenvalue weighted by atomic mass is 32.1. The molecular formula is C18H21N3O3S. The van der Waals surface area contributed by atoms with E-state index in [9.17, 15) is 9.59 Å². The van der Waals surface area contributed by atoms with E-state index < -0.39 is 6.10 Å². The lowest BCUT2D eigenvalue weighted by Crippen LogP contribution is -2.29. The van der Waals surface area contributed by atoms with Crippen molar-refractivity contribution in [3.63, 3.8) is 0 Å². The average Bonchev–Trinajstić information content (AvgIpc) is 3.23. The Balaban J connectivity index is 1.73. The van der Waals surface area contributed by atoms with E-state index in [2.05, 4.69) is 15.6 Å². The summed E-state index contributed by atoms with van der Waals surface area (Å²) in [6.45, 7) is 4.84. The minimum atomic E-state index is -0.422. The SMILES string of the molecule is Cc1sc(NC(=O)[C@@H]2CCCO2)c(C(=O)NCc2cccnc2)c1C. The molecule has 0 aromatic carbocycles. The number of ether oxygens (including phenoxy) is 1. The number of aryl methyl sites for hydroxylation is 1. The summed E-state index contributed by atoms with van der Waals surface area (Å²) in [5.74, 6) is -0.381. The third-order valence-electron chi connectivity index (χ3n) is 4.25. The molecule has 3 rings (SSSR count). The fourth-order valence-corrected chi connectivity index (χ4v) is 3.80. The summed E-state index contributed by atoms with van der Waals surface area (Å²) >= 11 is 1.42. The lowest BCUT2D eigenvalue weighted by Gasteiger charge is -2.11. The highest BCUT2D eigenvalue weighted by Gasteiger charge is 2.27. The van der Waals surface area contributed by atoms with E-state index in [1.807, 2.05) is 26.0 Å². The van der Waals surface area contributed by atoms with Crippen LogP contribution in [0.2, 0.25) is 0 Å². The zero-order valence-electron chi connectivity index (χ0n) is 14.3. The Labute approximate surface area is 150 Å². The molecule has 2 aromatic rings. The number of carbonyl (C=O) groups is 2. The van der Waals surface area contributed by atoms with E-state index in [0.29, 0.717) is 23.7 Å². The maximum atomic E-state index is 12.7. The van der Waals surface area contributed by atoms with Crippen LogP contribution in [0.25, 0.3) is 0 Å². The molecule has 3 heterocycles. The number of nitrogens with one attached hydrogen (secondary N) is 2. The zero-order chi connectivity index (χ0) is 17.8. The van der Waals surface area contributed by atoms with Crippen molar-refractivity contribution in [2.24, 2.45) is 0 Å². The standard InChI is InChI=1S/C18H21N3O3S/c1-11-12(2)25-18(21-16(22)14-6-4-8-24-14)15(11)17(23)20-10-13-5-3-7-19-9-13/h3,5,7,9,14H,4,6,8,10H2,1-2H3,(H,20,23)(H,21,22)/t14-/m0/s1. The summed E-state index contributed by atoms with van der Waals surface area (Å²) in [5.41, 5.74) is 2.33. The third-order valence-corrected chi connectivity index (χ3v) is 5.37. The molecule has 1 saturated heterocycles. The number of nitrogens with zero attached hydrogens (tertiary/aromatic N) is 1. The fraction of sp³-hybridized carbons (Fsp3) is 0.389. The Kier molecular flexibility index (Phi) is 5.45. The molecular weight excluding hydrogens is 338 g/mol. The second kappa shape index (κ2) is 7.76. The summed E-state index contributed by atoms with van der Waals surface area (Å²) in [4.78, 5) is 30.0. The molecule has 2 amide bonds. The van der Waals surface area contributed by atoms with Crippen LogP contribution in [0.1, 0.15) is 39.2 Å². The van der Waals surface area contributed by atoms with Crippen molar-refractivity contribution >= 4 is 28.2 Å². The largest absolute Gasteiger partial charge is 0.368 e. The van der Waals surface area contributed by atoms with E-state index in [4.69, 9.17) is 4.74 Å². The normalized spacial score (nSPS) is 16.6. The van der Waals surface area contributed by atoms with Crippen LogP contribution < -0.4 is 10.6 Å². The molecule has 25 heavy (non-hydrogen) atoms. The molecule has 7 heteroatoms. The van der Waals surface area contributed by atoms with Gasteiger partial charge >= 0.3 is 0 Å². The van der Waals surface area contributed by atoms with Gasteiger partial charge in [-0.3, -0.25) is 14.6 Å². The van der Waals surface area contributed by atoms with Gasteiger partial charge in [0.05, 0.1) is 5.56 Å². The van der Waals surface area contributed by atoms with Gasteiger partial charge in [0.25, 0.3) is 11.8 Å². The first-order chi connectivity index (χ1) is 12.1. The first-order valence-corrected chi connectivity index (χ1v) is 9.07. The number of anilines is 1. The number of aromatic nitrogens is 1. The molecule has 0 aliphatic carbocycles. The molecule has 1 aliphatic rings. The van der Waals surface area contributed by atoms with Gasteiger partial charge in [-0.2, -0.15) is 0 Å². The van der Waals surface area contributed by atoms with Crippen LogP contribution in [-0.4, -0.2) is 29.5 Å². The van der Waals surface area contributed by atoms with Crippen molar-refractivity contribution in [1.82, 2.24) is 10.3 Å². The minimum absolute atomic E-state index is 0.181. The van der Waals surface area contributed by atoms with E-state index >= 15 is 0 Å². The predicted molar refractivity (Wildman–Crippen MR) is 96.8 cm³/mol. The molecule has 1 fully saturated rings. The van der Waals surface area contributed by atoms with Crippen molar-refractivity contribution in [3.05, 3.63) is 46.1 Å². The molecule has 0 radical (unpaired) electrons. The minimum Gasteiger partial charge on any atom is -0.368 e. The van der Waals surface area contributed by atoms with Gasteiger partial charge in [0, 0.05) is 30.4 Å². The quantitative estimate of drug-likeness (QED) is 0.860. The van der Waals surface area contributed by atoms with Crippen LogP contribution in [0.5, 0.6) is 0 Å². The molecule has 6 nitrogen and oxygen atoms in total. The van der Waals surface area contributed by atoms with E-state index in [1.54, 1.807) is 12.4 Å². The molecule has 1 aliphatic heterocycles. The first kappa shape index (κ1) is 17.6. The van der Waals surface area contributed by atoms with Gasteiger partial charge in [-0.05, 0) is 43.9 Å². The second-order valence-electron chi connectivity index (χ2n) is 6.02. The first-order valence-electron chi connectivity index (χ1n) is 8.26. The summed E-state index contributed by atoms with van der Waals surface area (Å²) in [5, 5.41) is 6.35. The molecule has 132 valence electrons. The molecule has 1 atom stereocenters. The maximum absolute atomic E-state index is 12.7. The van der Waals surface area contributed by atoms with Crippen molar-refractivity contribution in [2.75, 3.05) is 11.9 Å². The number of amides is 2. The fourth-order valence-electron chi connectivity index (χ4n) is 2.74.